The molecule has 1 saturated heterocycles. The predicted molar refractivity (Wildman–Crippen MR) is 68.5 cm³/mol. The van der Waals surface area contributed by atoms with Gasteiger partial charge in [0, 0.05) is 18.1 Å². The van der Waals surface area contributed by atoms with Crippen LogP contribution in [0.25, 0.3) is 0 Å². The van der Waals surface area contributed by atoms with E-state index in [1.54, 1.807) is 0 Å². The van der Waals surface area contributed by atoms with Gasteiger partial charge < -0.3 is 10.6 Å². The third-order valence-electron chi connectivity index (χ3n) is 4.92. The molecule has 3 nitrogen and oxygen atoms in total. The van der Waals surface area contributed by atoms with E-state index in [0.29, 0.717) is 5.54 Å². The highest BCUT2D eigenvalue weighted by atomic mass is 15.2. The van der Waals surface area contributed by atoms with E-state index in [2.05, 4.69) is 23.9 Å². The van der Waals surface area contributed by atoms with Crippen molar-refractivity contribution in [3.05, 3.63) is 0 Å². The fourth-order valence-corrected chi connectivity index (χ4v) is 3.41. The summed E-state index contributed by atoms with van der Waals surface area (Å²) in [6.45, 7) is 3.23. The van der Waals surface area contributed by atoms with Gasteiger partial charge in [-0.2, -0.15) is 0 Å². The summed E-state index contributed by atoms with van der Waals surface area (Å²) in [5, 5.41) is 0. The lowest BCUT2D eigenvalue weighted by Gasteiger charge is -2.48. The SMILES string of the molecule is CN1CCC(CN)(N(C)C2CCCC2)CC1. The average Bonchev–Trinajstić information content (AvgIpc) is 2.83. The molecule has 2 aliphatic rings. The third kappa shape index (κ3) is 2.27. The number of rotatable bonds is 3. The Hall–Kier alpha value is -0.120. The molecule has 1 saturated carbocycles. The predicted octanol–water partition coefficient (Wildman–Crippen LogP) is 1.28. The summed E-state index contributed by atoms with van der Waals surface area (Å²) in [5.74, 6) is 0. The average molecular weight is 225 g/mol. The topological polar surface area (TPSA) is 32.5 Å². The lowest BCUT2D eigenvalue weighted by molar-refractivity contribution is 0.0245. The number of hydrogen-bond acceptors (Lipinski definition) is 3. The van der Waals surface area contributed by atoms with E-state index < -0.39 is 0 Å². The van der Waals surface area contributed by atoms with Crippen molar-refractivity contribution in [2.45, 2.75) is 50.1 Å². The minimum Gasteiger partial charge on any atom is -0.329 e. The molecule has 0 aromatic rings. The number of hydrogen-bond donors (Lipinski definition) is 1. The highest BCUT2D eigenvalue weighted by Crippen LogP contribution is 2.33. The van der Waals surface area contributed by atoms with Crippen LogP contribution >= 0.6 is 0 Å². The Balaban J connectivity index is 2.02. The van der Waals surface area contributed by atoms with Gasteiger partial charge in [0.05, 0.1) is 0 Å². The fourth-order valence-electron chi connectivity index (χ4n) is 3.41. The number of piperidine rings is 1. The van der Waals surface area contributed by atoms with E-state index in [0.717, 1.165) is 12.6 Å². The molecule has 2 N–H and O–H groups in total. The highest BCUT2D eigenvalue weighted by Gasteiger charge is 2.39. The first-order valence-electron chi connectivity index (χ1n) is 6.79. The zero-order valence-corrected chi connectivity index (χ0v) is 10.9. The van der Waals surface area contributed by atoms with Crippen molar-refractivity contribution in [1.82, 2.24) is 9.80 Å². The Labute approximate surface area is 100.0 Å². The largest absolute Gasteiger partial charge is 0.329 e. The van der Waals surface area contributed by atoms with E-state index in [1.165, 1.54) is 51.6 Å². The number of nitrogens with zero attached hydrogens (tertiary/aromatic N) is 2. The van der Waals surface area contributed by atoms with Gasteiger partial charge in [0.2, 0.25) is 0 Å². The van der Waals surface area contributed by atoms with Crippen molar-refractivity contribution in [2.24, 2.45) is 5.73 Å². The Morgan fingerprint density at radius 2 is 1.81 bits per heavy atom. The van der Waals surface area contributed by atoms with Crippen molar-refractivity contribution in [1.29, 1.82) is 0 Å². The Kier molecular flexibility index (Phi) is 3.88. The minimum absolute atomic E-state index is 0.293. The molecular formula is C13H27N3. The summed E-state index contributed by atoms with van der Waals surface area (Å²) in [6, 6.07) is 0.798. The molecule has 0 unspecified atom stereocenters. The molecule has 16 heavy (non-hydrogen) atoms. The van der Waals surface area contributed by atoms with Crippen LogP contribution in [0.1, 0.15) is 38.5 Å². The second kappa shape index (κ2) is 5.03. The van der Waals surface area contributed by atoms with E-state index in [4.69, 9.17) is 5.73 Å². The van der Waals surface area contributed by atoms with E-state index >= 15 is 0 Å². The summed E-state index contributed by atoms with van der Waals surface area (Å²) in [7, 11) is 4.53. The lowest BCUT2D eigenvalue weighted by Crippen LogP contribution is -2.60. The van der Waals surface area contributed by atoms with Crippen LogP contribution in [0.2, 0.25) is 0 Å². The van der Waals surface area contributed by atoms with Crippen LogP contribution in [0.4, 0.5) is 0 Å². The maximum atomic E-state index is 6.09. The van der Waals surface area contributed by atoms with Crippen LogP contribution < -0.4 is 5.73 Å². The summed E-state index contributed by atoms with van der Waals surface area (Å²) < 4.78 is 0. The smallest absolute Gasteiger partial charge is 0.0355 e. The molecule has 1 aliphatic heterocycles. The zero-order valence-electron chi connectivity index (χ0n) is 10.9. The second-order valence-electron chi connectivity index (χ2n) is 5.78. The molecule has 0 spiro atoms. The van der Waals surface area contributed by atoms with Gasteiger partial charge in [0.1, 0.15) is 0 Å². The van der Waals surface area contributed by atoms with Gasteiger partial charge >= 0.3 is 0 Å². The second-order valence-corrected chi connectivity index (χ2v) is 5.78. The van der Waals surface area contributed by atoms with Crippen molar-refractivity contribution in [2.75, 3.05) is 33.7 Å². The first-order valence-corrected chi connectivity index (χ1v) is 6.79. The van der Waals surface area contributed by atoms with Gasteiger partial charge in [-0.15, -0.1) is 0 Å². The maximum Gasteiger partial charge on any atom is 0.0355 e. The molecule has 0 atom stereocenters. The Bertz CT molecular complexity index is 215. The van der Waals surface area contributed by atoms with E-state index in [1.807, 2.05) is 0 Å². The van der Waals surface area contributed by atoms with E-state index in [9.17, 15) is 0 Å². The molecule has 0 bridgehead atoms. The van der Waals surface area contributed by atoms with Crippen LogP contribution in [0.3, 0.4) is 0 Å². The molecule has 2 rings (SSSR count). The third-order valence-corrected chi connectivity index (χ3v) is 4.92. The van der Waals surface area contributed by atoms with Gasteiger partial charge in [-0.25, -0.2) is 0 Å². The van der Waals surface area contributed by atoms with Crippen LogP contribution in [-0.2, 0) is 0 Å². The van der Waals surface area contributed by atoms with Gasteiger partial charge in [-0.3, -0.25) is 4.90 Å². The normalized spacial score (nSPS) is 27.8. The molecule has 0 aromatic carbocycles. The first-order chi connectivity index (χ1) is 7.68. The van der Waals surface area contributed by atoms with Crippen LogP contribution in [0.5, 0.6) is 0 Å². The molecule has 0 amide bonds. The molecule has 2 fully saturated rings. The fraction of sp³-hybridized carbons (Fsp3) is 1.00. The Morgan fingerprint density at radius 3 is 2.31 bits per heavy atom. The summed E-state index contributed by atoms with van der Waals surface area (Å²) >= 11 is 0. The van der Waals surface area contributed by atoms with Gasteiger partial charge in [0.15, 0.2) is 0 Å². The first kappa shape index (κ1) is 12.3. The van der Waals surface area contributed by atoms with Gasteiger partial charge in [0.25, 0.3) is 0 Å². The number of nitrogens with two attached hydrogens (primary N) is 1. The summed E-state index contributed by atoms with van der Waals surface area (Å²) in [4.78, 5) is 5.06. The summed E-state index contributed by atoms with van der Waals surface area (Å²) in [6.07, 6.45) is 8.08. The molecule has 0 radical (unpaired) electrons. The quantitative estimate of drug-likeness (QED) is 0.785. The van der Waals surface area contributed by atoms with Gasteiger partial charge in [-0.1, -0.05) is 12.8 Å². The molecular weight excluding hydrogens is 198 g/mol. The van der Waals surface area contributed by atoms with Gasteiger partial charge in [-0.05, 0) is 52.9 Å². The van der Waals surface area contributed by atoms with Crippen molar-refractivity contribution in [3.8, 4) is 0 Å². The van der Waals surface area contributed by atoms with Crippen LogP contribution in [0.15, 0.2) is 0 Å². The monoisotopic (exact) mass is 225 g/mol. The van der Waals surface area contributed by atoms with E-state index in [-0.39, 0.29) is 0 Å². The molecule has 1 aliphatic carbocycles. The van der Waals surface area contributed by atoms with Crippen molar-refractivity contribution >= 4 is 0 Å². The lowest BCUT2D eigenvalue weighted by atomic mass is 9.85. The molecule has 94 valence electrons. The van der Waals surface area contributed by atoms with Crippen LogP contribution in [-0.4, -0.2) is 55.1 Å². The summed E-state index contributed by atoms with van der Waals surface area (Å²) in [5.41, 5.74) is 6.39. The minimum atomic E-state index is 0.293. The van der Waals surface area contributed by atoms with Crippen LogP contribution in [0, 0.1) is 0 Å². The molecule has 3 heteroatoms. The zero-order chi connectivity index (χ0) is 11.6. The molecule has 0 aromatic heterocycles. The molecule has 1 heterocycles. The standard InChI is InChI=1S/C13H27N3/c1-15-9-7-13(11-14,8-10-15)16(2)12-5-3-4-6-12/h12H,3-11,14H2,1-2H3. The van der Waals surface area contributed by atoms with Crippen molar-refractivity contribution in [3.63, 3.8) is 0 Å². The maximum absolute atomic E-state index is 6.09. The Morgan fingerprint density at radius 1 is 1.25 bits per heavy atom. The number of likely N-dealkylation sites (tertiary alicyclic amines) is 1. The highest BCUT2D eigenvalue weighted by molar-refractivity contribution is 4.97. The van der Waals surface area contributed by atoms with Crippen molar-refractivity contribution < 1.29 is 0 Å². The number of likely N-dealkylation sites (N-methyl/N-ethyl adjacent to an activating group) is 1.